The van der Waals surface area contributed by atoms with Crippen LogP contribution < -0.4 is 10.6 Å². The van der Waals surface area contributed by atoms with Crippen molar-refractivity contribution in [2.75, 3.05) is 10.6 Å². The molecule has 5 heteroatoms. The number of halogens is 1. The smallest absolute Gasteiger partial charge is 0.247 e. The zero-order valence-corrected chi connectivity index (χ0v) is 10.6. The Kier molecular flexibility index (Phi) is 3.02. The first-order valence-corrected chi connectivity index (χ1v) is 6.27. The van der Waals surface area contributed by atoms with Crippen LogP contribution >= 0.6 is 0 Å². The molecule has 1 aliphatic heterocycles. The van der Waals surface area contributed by atoms with E-state index in [0.29, 0.717) is 17.8 Å². The number of amides is 1. The molecule has 1 unspecified atom stereocenters. The predicted octanol–water partition coefficient (Wildman–Crippen LogP) is 2.51. The van der Waals surface area contributed by atoms with Crippen LogP contribution in [-0.4, -0.2) is 17.1 Å². The summed E-state index contributed by atoms with van der Waals surface area (Å²) in [4.78, 5) is 12.0. The molecule has 0 saturated heterocycles. The average Bonchev–Trinajstić information content (AvgIpc) is 2.42. The second-order valence-corrected chi connectivity index (χ2v) is 4.75. The number of rotatable bonds is 2. The fraction of sp³-hybridized carbons (Fsp3) is 0.133. The summed E-state index contributed by atoms with van der Waals surface area (Å²) < 4.78 is 13.2. The first kappa shape index (κ1) is 12.5. The van der Waals surface area contributed by atoms with Gasteiger partial charge in [-0.2, -0.15) is 0 Å². The molecule has 0 aromatic heterocycles. The number of phenolic OH excluding ortho intramolecular Hbond substituents is 1. The monoisotopic (exact) mass is 272 g/mol. The number of phenols is 1. The van der Waals surface area contributed by atoms with E-state index in [1.54, 1.807) is 24.3 Å². The van der Waals surface area contributed by atoms with Crippen LogP contribution in [0.1, 0.15) is 5.56 Å². The lowest BCUT2D eigenvalue weighted by Gasteiger charge is -2.26. The second-order valence-electron chi connectivity index (χ2n) is 4.75. The van der Waals surface area contributed by atoms with E-state index in [0.717, 1.165) is 5.56 Å². The maximum absolute atomic E-state index is 13.2. The van der Waals surface area contributed by atoms with Gasteiger partial charge < -0.3 is 15.7 Å². The zero-order valence-electron chi connectivity index (χ0n) is 10.6. The number of carbonyl (C=O) groups is 1. The van der Waals surface area contributed by atoms with Gasteiger partial charge in [0.15, 0.2) is 0 Å². The van der Waals surface area contributed by atoms with Gasteiger partial charge in [0.25, 0.3) is 0 Å². The zero-order chi connectivity index (χ0) is 14.1. The van der Waals surface area contributed by atoms with Crippen LogP contribution in [-0.2, 0) is 11.2 Å². The second kappa shape index (κ2) is 4.85. The molecule has 0 radical (unpaired) electrons. The Bertz CT molecular complexity index is 655. The summed E-state index contributed by atoms with van der Waals surface area (Å²) in [5.74, 6) is -0.324. The van der Waals surface area contributed by atoms with Crippen molar-refractivity contribution < 1.29 is 14.3 Å². The van der Waals surface area contributed by atoms with E-state index < -0.39 is 6.04 Å². The van der Waals surface area contributed by atoms with Crippen LogP contribution in [0.4, 0.5) is 15.8 Å². The quantitative estimate of drug-likeness (QED) is 0.787. The molecule has 0 aliphatic carbocycles. The lowest BCUT2D eigenvalue weighted by molar-refractivity contribution is -0.117. The molecule has 0 fully saturated rings. The van der Waals surface area contributed by atoms with Crippen molar-refractivity contribution in [3.05, 3.63) is 53.8 Å². The van der Waals surface area contributed by atoms with Gasteiger partial charge in [0.05, 0.1) is 11.4 Å². The van der Waals surface area contributed by atoms with Gasteiger partial charge in [-0.15, -0.1) is 0 Å². The van der Waals surface area contributed by atoms with Crippen molar-refractivity contribution in [1.82, 2.24) is 0 Å². The highest BCUT2D eigenvalue weighted by atomic mass is 19.1. The normalized spacial score (nSPS) is 17.1. The fourth-order valence-electron chi connectivity index (χ4n) is 2.23. The third kappa shape index (κ3) is 2.42. The Morgan fingerprint density at radius 3 is 2.60 bits per heavy atom. The Hall–Kier alpha value is -2.56. The number of anilines is 2. The summed E-state index contributed by atoms with van der Waals surface area (Å²) in [6.07, 6.45) is 0.460. The molecule has 3 N–H and O–H groups in total. The third-order valence-electron chi connectivity index (χ3n) is 3.26. The van der Waals surface area contributed by atoms with Gasteiger partial charge in [0, 0.05) is 6.42 Å². The standard InChI is InChI=1S/C15H13FN2O2/c16-10-3-6-12-13(8-10)17-14(15(20)18-12)7-9-1-4-11(19)5-2-9/h1-6,8,14,17,19H,7H2,(H,18,20). The number of aromatic hydroxyl groups is 1. The first-order chi connectivity index (χ1) is 9.61. The van der Waals surface area contributed by atoms with E-state index in [4.69, 9.17) is 0 Å². The highest BCUT2D eigenvalue weighted by molar-refractivity contribution is 6.03. The van der Waals surface area contributed by atoms with Crippen molar-refractivity contribution in [2.45, 2.75) is 12.5 Å². The lowest BCUT2D eigenvalue weighted by atomic mass is 10.0. The first-order valence-electron chi connectivity index (χ1n) is 6.27. The fourth-order valence-corrected chi connectivity index (χ4v) is 2.23. The predicted molar refractivity (Wildman–Crippen MR) is 74.3 cm³/mol. The van der Waals surface area contributed by atoms with Crippen molar-refractivity contribution in [3.63, 3.8) is 0 Å². The van der Waals surface area contributed by atoms with Crippen molar-refractivity contribution in [3.8, 4) is 5.75 Å². The Morgan fingerprint density at radius 2 is 1.85 bits per heavy atom. The molecular formula is C15H13FN2O2. The summed E-state index contributed by atoms with van der Waals surface area (Å²) in [7, 11) is 0. The van der Waals surface area contributed by atoms with Crippen LogP contribution in [0, 0.1) is 5.82 Å². The van der Waals surface area contributed by atoms with Crippen LogP contribution in [0.25, 0.3) is 0 Å². The van der Waals surface area contributed by atoms with Crippen LogP contribution in [0.15, 0.2) is 42.5 Å². The average molecular weight is 272 g/mol. The maximum atomic E-state index is 13.2. The highest BCUT2D eigenvalue weighted by Gasteiger charge is 2.25. The molecular weight excluding hydrogens is 259 g/mol. The van der Waals surface area contributed by atoms with E-state index >= 15 is 0 Å². The topological polar surface area (TPSA) is 61.4 Å². The van der Waals surface area contributed by atoms with Gasteiger partial charge in [0.2, 0.25) is 5.91 Å². The molecule has 0 saturated carbocycles. The van der Waals surface area contributed by atoms with E-state index in [1.807, 2.05) is 0 Å². The molecule has 1 heterocycles. The van der Waals surface area contributed by atoms with Gasteiger partial charge in [-0.1, -0.05) is 12.1 Å². The molecule has 2 aromatic carbocycles. The van der Waals surface area contributed by atoms with Crippen LogP contribution in [0.5, 0.6) is 5.75 Å². The highest BCUT2D eigenvalue weighted by Crippen LogP contribution is 2.28. The lowest BCUT2D eigenvalue weighted by Crippen LogP contribution is -2.40. The van der Waals surface area contributed by atoms with Gasteiger partial charge >= 0.3 is 0 Å². The molecule has 0 spiro atoms. The Labute approximate surface area is 115 Å². The largest absolute Gasteiger partial charge is 0.508 e. The number of benzene rings is 2. The van der Waals surface area contributed by atoms with E-state index in [9.17, 15) is 14.3 Å². The van der Waals surface area contributed by atoms with Crippen molar-refractivity contribution in [2.24, 2.45) is 0 Å². The van der Waals surface area contributed by atoms with Crippen molar-refractivity contribution >= 4 is 17.3 Å². The SMILES string of the molecule is O=C1Nc2ccc(F)cc2NC1Cc1ccc(O)cc1. The Balaban J connectivity index is 1.81. The van der Waals surface area contributed by atoms with Crippen LogP contribution in [0.2, 0.25) is 0 Å². The summed E-state index contributed by atoms with van der Waals surface area (Å²) >= 11 is 0. The van der Waals surface area contributed by atoms with Gasteiger partial charge in [-0.25, -0.2) is 4.39 Å². The van der Waals surface area contributed by atoms with Gasteiger partial charge in [-0.3, -0.25) is 4.79 Å². The van der Waals surface area contributed by atoms with Gasteiger partial charge in [0.1, 0.15) is 17.6 Å². The number of hydrogen-bond donors (Lipinski definition) is 3. The minimum Gasteiger partial charge on any atom is -0.508 e. The summed E-state index contributed by atoms with van der Waals surface area (Å²) in [5, 5.41) is 15.0. The number of carbonyl (C=O) groups excluding carboxylic acids is 1. The molecule has 4 nitrogen and oxygen atoms in total. The van der Waals surface area contributed by atoms with Crippen LogP contribution in [0.3, 0.4) is 0 Å². The molecule has 1 amide bonds. The number of fused-ring (bicyclic) bond motifs is 1. The molecule has 102 valence electrons. The van der Waals surface area contributed by atoms with Gasteiger partial charge in [-0.05, 0) is 35.9 Å². The molecule has 1 aliphatic rings. The summed E-state index contributed by atoms with van der Waals surface area (Å²) in [5.41, 5.74) is 2.07. The number of nitrogens with one attached hydrogen (secondary N) is 2. The van der Waals surface area contributed by atoms with E-state index in [2.05, 4.69) is 10.6 Å². The minimum absolute atomic E-state index is 0.155. The Morgan fingerprint density at radius 1 is 1.10 bits per heavy atom. The maximum Gasteiger partial charge on any atom is 0.247 e. The molecule has 2 aromatic rings. The molecule has 20 heavy (non-hydrogen) atoms. The summed E-state index contributed by atoms with van der Waals surface area (Å²) in [6, 6.07) is 10.4. The number of hydrogen-bond acceptors (Lipinski definition) is 3. The molecule has 1 atom stereocenters. The van der Waals surface area contributed by atoms with E-state index in [-0.39, 0.29) is 17.5 Å². The molecule has 0 bridgehead atoms. The third-order valence-corrected chi connectivity index (χ3v) is 3.26. The van der Waals surface area contributed by atoms with E-state index in [1.165, 1.54) is 18.2 Å². The minimum atomic E-state index is -0.464. The van der Waals surface area contributed by atoms with Crippen molar-refractivity contribution in [1.29, 1.82) is 0 Å². The molecule has 3 rings (SSSR count). The summed E-state index contributed by atoms with van der Waals surface area (Å²) in [6.45, 7) is 0.